The molecule has 5 nitrogen and oxygen atoms in total. The fourth-order valence-electron chi connectivity index (χ4n) is 1.57. The topological polar surface area (TPSA) is 65.0 Å². The van der Waals surface area contributed by atoms with E-state index in [0.29, 0.717) is 5.69 Å². The summed E-state index contributed by atoms with van der Waals surface area (Å²) < 4.78 is 10.8. The summed E-state index contributed by atoms with van der Waals surface area (Å²) in [7, 11) is 0. The normalized spacial score (nSPS) is 19.3. The first-order valence-electron chi connectivity index (χ1n) is 5.63. The predicted octanol–water partition coefficient (Wildman–Crippen LogP) is 2.60. The maximum Gasteiger partial charge on any atom is 0.329 e. The SMILES string of the molecule is CC1(C)OC(=O)C(/C=N/c2cccc(Br)c2)C(=O)O1. The lowest BCUT2D eigenvalue weighted by Crippen LogP contribution is -2.46. The van der Waals surface area contributed by atoms with Gasteiger partial charge in [-0.1, -0.05) is 22.0 Å². The van der Waals surface area contributed by atoms with Crippen molar-refractivity contribution in [1.82, 2.24) is 0 Å². The number of hydrogen-bond donors (Lipinski definition) is 0. The van der Waals surface area contributed by atoms with Crippen molar-refractivity contribution in [1.29, 1.82) is 0 Å². The van der Waals surface area contributed by atoms with Crippen molar-refractivity contribution in [3.8, 4) is 0 Å². The average Bonchev–Trinajstić information content (AvgIpc) is 2.26. The van der Waals surface area contributed by atoms with Gasteiger partial charge < -0.3 is 9.47 Å². The lowest BCUT2D eigenvalue weighted by atomic mass is 10.1. The van der Waals surface area contributed by atoms with E-state index in [1.165, 1.54) is 20.1 Å². The molecule has 1 heterocycles. The fourth-order valence-corrected chi connectivity index (χ4v) is 1.95. The Hall–Kier alpha value is -1.69. The standard InChI is InChI=1S/C13H12BrNO4/c1-13(2)18-11(16)10(12(17)19-13)7-15-9-5-3-4-8(14)6-9/h3-7,10H,1-2H3/b15-7+. The summed E-state index contributed by atoms with van der Waals surface area (Å²) in [6.07, 6.45) is 1.24. The highest BCUT2D eigenvalue weighted by Crippen LogP contribution is 2.23. The van der Waals surface area contributed by atoms with Crippen molar-refractivity contribution in [3.63, 3.8) is 0 Å². The lowest BCUT2D eigenvalue weighted by molar-refractivity contribution is -0.235. The number of ether oxygens (including phenoxy) is 2. The molecule has 2 rings (SSSR count). The maximum absolute atomic E-state index is 11.7. The predicted molar refractivity (Wildman–Crippen MR) is 72.0 cm³/mol. The van der Waals surface area contributed by atoms with Gasteiger partial charge in [-0.05, 0) is 18.2 Å². The minimum atomic E-state index is -1.21. The molecule has 1 aliphatic heterocycles. The van der Waals surface area contributed by atoms with Crippen molar-refractivity contribution in [2.75, 3.05) is 0 Å². The van der Waals surface area contributed by atoms with E-state index >= 15 is 0 Å². The van der Waals surface area contributed by atoms with Crippen LogP contribution in [0.3, 0.4) is 0 Å². The first-order valence-corrected chi connectivity index (χ1v) is 6.42. The highest BCUT2D eigenvalue weighted by Gasteiger charge is 2.42. The summed E-state index contributed by atoms with van der Waals surface area (Å²) >= 11 is 3.31. The molecule has 0 unspecified atom stereocenters. The third kappa shape index (κ3) is 3.41. The molecule has 0 N–H and O–H groups in total. The molecular formula is C13H12BrNO4. The van der Waals surface area contributed by atoms with Gasteiger partial charge in [-0.25, -0.2) is 0 Å². The molecule has 0 aromatic heterocycles. The Morgan fingerprint density at radius 2 is 1.89 bits per heavy atom. The van der Waals surface area contributed by atoms with Crippen molar-refractivity contribution in [3.05, 3.63) is 28.7 Å². The molecule has 1 saturated heterocycles. The summed E-state index contributed by atoms with van der Waals surface area (Å²) in [5, 5.41) is 0. The van der Waals surface area contributed by atoms with Gasteiger partial charge in [0.15, 0.2) is 5.92 Å². The van der Waals surface area contributed by atoms with Crippen molar-refractivity contribution >= 4 is 39.8 Å². The van der Waals surface area contributed by atoms with Gasteiger partial charge in [0.2, 0.25) is 0 Å². The molecule has 0 spiro atoms. The van der Waals surface area contributed by atoms with Gasteiger partial charge >= 0.3 is 11.9 Å². The molecule has 0 bridgehead atoms. The van der Waals surface area contributed by atoms with E-state index in [4.69, 9.17) is 9.47 Å². The number of rotatable bonds is 2. The third-order valence-corrected chi connectivity index (χ3v) is 2.87. The smallest absolute Gasteiger partial charge is 0.329 e. The molecule has 1 aliphatic rings. The van der Waals surface area contributed by atoms with Gasteiger partial charge in [0.05, 0.1) is 5.69 Å². The van der Waals surface area contributed by atoms with E-state index in [-0.39, 0.29) is 0 Å². The second-order valence-corrected chi connectivity index (χ2v) is 5.39. The van der Waals surface area contributed by atoms with E-state index in [2.05, 4.69) is 20.9 Å². The van der Waals surface area contributed by atoms with Crippen LogP contribution in [0.25, 0.3) is 0 Å². The second kappa shape index (κ2) is 5.13. The molecule has 100 valence electrons. The van der Waals surface area contributed by atoms with Crippen molar-refractivity contribution < 1.29 is 19.1 Å². The Bertz CT molecular complexity index is 533. The molecule has 6 heteroatoms. The van der Waals surface area contributed by atoms with Crippen LogP contribution in [0, 0.1) is 5.92 Å². The molecule has 0 aliphatic carbocycles. The zero-order valence-corrected chi connectivity index (χ0v) is 12.0. The summed E-state index contributed by atoms with van der Waals surface area (Å²) in [6, 6.07) is 7.17. The van der Waals surface area contributed by atoms with Crippen LogP contribution in [0.1, 0.15) is 13.8 Å². The number of hydrogen-bond acceptors (Lipinski definition) is 5. The van der Waals surface area contributed by atoms with Gasteiger partial charge in [-0.3, -0.25) is 14.6 Å². The molecule has 0 amide bonds. The van der Waals surface area contributed by atoms with Crippen LogP contribution in [0.5, 0.6) is 0 Å². The van der Waals surface area contributed by atoms with Crippen LogP contribution in [0.4, 0.5) is 5.69 Å². The van der Waals surface area contributed by atoms with Gasteiger partial charge in [0.25, 0.3) is 5.79 Å². The van der Waals surface area contributed by atoms with Crippen molar-refractivity contribution in [2.45, 2.75) is 19.6 Å². The minimum absolute atomic E-state index is 0.625. The number of nitrogens with zero attached hydrogens (tertiary/aromatic N) is 1. The van der Waals surface area contributed by atoms with Gasteiger partial charge in [0.1, 0.15) is 0 Å². The van der Waals surface area contributed by atoms with Crippen LogP contribution in [-0.2, 0) is 19.1 Å². The quantitative estimate of drug-likeness (QED) is 0.476. The average molecular weight is 326 g/mol. The first-order chi connectivity index (χ1) is 8.87. The molecule has 0 saturated carbocycles. The van der Waals surface area contributed by atoms with E-state index in [1.807, 2.05) is 6.07 Å². The van der Waals surface area contributed by atoms with E-state index < -0.39 is 23.6 Å². The van der Waals surface area contributed by atoms with Crippen LogP contribution in [0.2, 0.25) is 0 Å². The third-order valence-electron chi connectivity index (χ3n) is 2.38. The summed E-state index contributed by atoms with van der Waals surface area (Å²) in [4.78, 5) is 27.5. The second-order valence-electron chi connectivity index (χ2n) is 4.48. The molecule has 1 aromatic carbocycles. The fraction of sp³-hybridized carbons (Fsp3) is 0.308. The number of cyclic esters (lactones) is 2. The van der Waals surface area contributed by atoms with Crippen molar-refractivity contribution in [2.24, 2.45) is 10.9 Å². The Kier molecular flexibility index (Phi) is 3.71. The van der Waals surface area contributed by atoms with E-state index in [1.54, 1.807) is 18.2 Å². The van der Waals surface area contributed by atoms with E-state index in [9.17, 15) is 9.59 Å². The maximum atomic E-state index is 11.7. The van der Waals surface area contributed by atoms with E-state index in [0.717, 1.165) is 4.47 Å². The van der Waals surface area contributed by atoms with Gasteiger partial charge in [0, 0.05) is 24.5 Å². The zero-order valence-electron chi connectivity index (χ0n) is 10.4. The largest absolute Gasteiger partial charge is 0.422 e. The monoisotopic (exact) mass is 325 g/mol. The molecular weight excluding hydrogens is 314 g/mol. The summed E-state index contributed by atoms with van der Waals surface area (Å²) in [6.45, 7) is 3.01. The number of carbonyl (C=O) groups excluding carboxylic acids is 2. The Morgan fingerprint density at radius 3 is 2.47 bits per heavy atom. The summed E-state index contributed by atoms with van der Waals surface area (Å²) in [5.74, 6) is -3.64. The first kappa shape index (κ1) is 13.7. The van der Waals surface area contributed by atoms with Crippen LogP contribution in [-0.4, -0.2) is 23.9 Å². The molecule has 0 radical (unpaired) electrons. The number of aliphatic imine (C=N–C) groups is 1. The molecule has 19 heavy (non-hydrogen) atoms. The highest BCUT2D eigenvalue weighted by molar-refractivity contribution is 9.10. The molecule has 0 atom stereocenters. The number of halogens is 1. The molecule has 1 fully saturated rings. The Morgan fingerprint density at radius 1 is 1.26 bits per heavy atom. The summed E-state index contributed by atoms with van der Waals surface area (Å²) in [5.41, 5.74) is 0.625. The highest BCUT2D eigenvalue weighted by atomic mass is 79.9. The van der Waals surface area contributed by atoms with Crippen LogP contribution in [0.15, 0.2) is 33.7 Å². The Labute approximate surface area is 118 Å². The van der Waals surface area contributed by atoms with Crippen LogP contribution < -0.4 is 0 Å². The number of esters is 2. The van der Waals surface area contributed by atoms with Crippen LogP contribution >= 0.6 is 15.9 Å². The zero-order chi connectivity index (χ0) is 14.0. The van der Waals surface area contributed by atoms with Gasteiger partial charge in [-0.2, -0.15) is 0 Å². The number of benzene rings is 1. The number of carbonyl (C=O) groups is 2. The van der Waals surface area contributed by atoms with Gasteiger partial charge in [-0.15, -0.1) is 0 Å². The minimum Gasteiger partial charge on any atom is -0.422 e. The Balaban J connectivity index is 2.15. The molecule has 1 aromatic rings. The lowest BCUT2D eigenvalue weighted by Gasteiger charge is -2.31.